The lowest BCUT2D eigenvalue weighted by Crippen LogP contribution is -2.08. The summed E-state index contributed by atoms with van der Waals surface area (Å²) in [6, 6.07) is 0. The van der Waals surface area contributed by atoms with E-state index in [4.69, 9.17) is 11.6 Å². The second-order valence-electron chi connectivity index (χ2n) is 2.41. The van der Waals surface area contributed by atoms with Gasteiger partial charge in [0.25, 0.3) is 0 Å². The van der Waals surface area contributed by atoms with Crippen LogP contribution in [0.2, 0.25) is 0 Å². The van der Waals surface area contributed by atoms with Crippen molar-refractivity contribution in [3.05, 3.63) is 0 Å². The summed E-state index contributed by atoms with van der Waals surface area (Å²) in [5.74, 6) is 0.527. The maximum Gasteiger partial charge on any atom is 0.321 e. The molecule has 62 valence electrons. The molecule has 0 fully saturated rings. The molecule has 0 N–H and O–H groups in total. The molecule has 0 bridgehead atoms. The summed E-state index contributed by atoms with van der Waals surface area (Å²) in [5.41, 5.74) is 0. The Bertz CT molecular complexity index is 90.2. The van der Waals surface area contributed by atoms with Crippen molar-refractivity contribution in [2.45, 2.75) is 25.1 Å². The second-order valence-corrected chi connectivity index (χ2v) is 3.27. The van der Waals surface area contributed by atoms with Gasteiger partial charge in [-0.15, -0.1) is 11.6 Å². The third-order valence-electron chi connectivity index (χ3n) is 1.18. The minimum Gasteiger partial charge on any atom is -0.188 e. The highest BCUT2D eigenvalue weighted by molar-refractivity contribution is 6.21. The molecule has 0 amide bonds. The summed E-state index contributed by atoms with van der Waals surface area (Å²) in [4.78, 5) is 0. The first-order valence-corrected chi connectivity index (χ1v) is 3.99. The maximum atomic E-state index is 11.9. The molecule has 0 aromatic heterocycles. The molecule has 0 nitrogen and oxygen atoms in total. The van der Waals surface area contributed by atoms with Gasteiger partial charge in [0.05, 0.1) is 0 Å². The minimum atomic E-state index is -3.06. The molecule has 1 atom stereocenters. The van der Waals surface area contributed by atoms with Gasteiger partial charge in [-0.3, -0.25) is 0 Å². The van der Waals surface area contributed by atoms with Gasteiger partial charge in [0.2, 0.25) is 0 Å². The lowest BCUT2D eigenvalue weighted by Gasteiger charge is -2.10. The van der Waals surface area contributed by atoms with Gasteiger partial charge in [0, 0.05) is 12.3 Å². The Morgan fingerprint density at radius 2 is 2.00 bits per heavy atom. The summed E-state index contributed by atoms with van der Waals surface area (Å²) in [7, 11) is 0. The molecule has 0 saturated carbocycles. The van der Waals surface area contributed by atoms with Gasteiger partial charge >= 0.3 is 5.38 Å². The van der Waals surface area contributed by atoms with Crippen LogP contribution in [0.3, 0.4) is 0 Å². The largest absolute Gasteiger partial charge is 0.321 e. The first-order valence-electron chi connectivity index (χ1n) is 3.08. The van der Waals surface area contributed by atoms with E-state index < -0.39 is 5.38 Å². The Labute approximate surface area is 69.5 Å². The van der Waals surface area contributed by atoms with Gasteiger partial charge in [-0.05, 0) is 23.9 Å². The molecule has 4 heteroatoms. The predicted octanol–water partition coefficient (Wildman–Crippen LogP) is 3.47. The molecular weight excluding hydrogens is 181 g/mol. The molecule has 0 aliphatic heterocycles. The number of rotatable bonds is 4. The van der Waals surface area contributed by atoms with Gasteiger partial charge < -0.3 is 0 Å². The van der Waals surface area contributed by atoms with Gasteiger partial charge in [-0.25, -0.2) is 0 Å². The van der Waals surface area contributed by atoms with Gasteiger partial charge in [0.1, 0.15) is 0 Å². The van der Waals surface area contributed by atoms with Crippen LogP contribution in [0.15, 0.2) is 0 Å². The van der Waals surface area contributed by atoms with Crippen LogP contribution >= 0.6 is 23.2 Å². The van der Waals surface area contributed by atoms with E-state index in [1.807, 2.05) is 6.92 Å². The fraction of sp³-hybridized carbons (Fsp3) is 1.00. The average molecular weight is 191 g/mol. The van der Waals surface area contributed by atoms with E-state index in [0.29, 0.717) is 12.3 Å². The Kier molecular flexibility index (Phi) is 4.54. The fourth-order valence-electron chi connectivity index (χ4n) is 0.487. The topological polar surface area (TPSA) is 0 Å². The summed E-state index contributed by atoms with van der Waals surface area (Å²) in [6.45, 7) is 1.82. The lowest BCUT2D eigenvalue weighted by molar-refractivity contribution is 0.0796. The molecule has 0 heterocycles. The predicted molar refractivity (Wildman–Crippen MR) is 39.9 cm³/mol. The molecule has 0 spiro atoms. The number of halogens is 4. The Morgan fingerprint density at radius 1 is 1.50 bits per heavy atom. The Morgan fingerprint density at radius 3 is 2.30 bits per heavy atom. The van der Waals surface area contributed by atoms with E-state index in [1.165, 1.54) is 0 Å². The van der Waals surface area contributed by atoms with E-state index in [9.17, 15) is 8.78 Å². The molecule has 0 rings (SSSR count). The number of hydrogen-bond acceptors (Lipinski definition) is 0. The van der Waals surface area contributed by atoms with Crippen LogP contribution in [-0.4, -0.2) is 11.3 Å². The van der Waals surface area contributed by atoms with Crippen molar-refractivity contribution in [1.29, 1.82) is 0 Å². The molecule has 0 aliphatic rings. The van der Waals surface area contributed by atoms with Crippen molar-refractivity contribution in [3.63, 3.8) is 0 Å². The third kappa shape index (κ3) is 6.56. The van der Waals surface area contributed by atoms with E-state index in [0.717, 1.165) is 0 Å². The van der Waals surface area contributed by atoms with Gasteiger partial charge in [-0.2, -0.15) is 8.78 Å². The molecule has 0 radical (unpaired) electrons. The summed E-state index contributed by atoms with van der Waals surface area (Å²) in [6.07, 6.45) is 0.0858. The van der Waals surface area contributed by atoms with Crippen molar-refractivity contribution in [2.24, 2.45) is 5.92 Å². The van der Waals surface area contributed by atoms with E-state index in [2.05, 4.69) is 11.6 Å². The van der Waals surface area contributed by atoms with E-state index >= 15 is 0 Å². The molecular formula is C6H10Cl2F2. The minimum absolute atomic E-state index is 0.117. The molecule has 0 aromatic rings. The second kappa shape index (κ2) is 4.35. The van der Waals surface area contributed by atoms with Crippen molar-refractivity contribution in [3.8, 4) is 0 Å². The zero-order valence-corrected chi connectivity index (χ0v) is 7.22. The number of alkyl halides is 4. The normalized spacial score (nSPS) is 15.3. The van der Waals surface area contributed by atoms with Crippen LogP contribution in [-0.2, 0) is 0 Å². The van der Waals surface area contributed by atoms with Crippen molar-refractivity contribution >= 4 is 23.2 Å². The van der Waals surface area contributed by atoms with Crippen LogP contribution in [0, 0.1) is 5.92 Å². The van der Waals surface area contributed by atoms with E-state index in [-0.39, 0.29) is 12.3 Å². The van der Waals surface area contributed by atoms with Crippen molar-refractivity contribution in [2.75, 3.05) is 5.88 Å². The summed E-state index contributed by atoms with van der Waals surface area (Å²) in [5, 5.41) is -3.06. The van der Waals surface area contributed by atoms with Crippen LogP contribution in [0.25, 0.3) is 0 Å². The standard InChI is InChI=1S/C6H10Cl2F2/c1-5(4-7)2-3-6(8,9)10/h5H,2-4H2,1H3. The van der Waals surface area contributed by atoms with Crippen LogP contribution in [0.4, 0.5) is 8.78 Å². The molecule has 0 aromatic carbocycles. The van der Waals surface area contributed by atoms with E-state index in [1.54, 1.807) is 0 Å². The van der Waals surface area contributed by atoms with Crippen LogP contribution in [0.1, 0.15) is 19.8 Å². The molecule has 10 heavy (non-hydrogen) atoms. The third-order valence-corrected chi connectivity index (χ3v) is 1.90. The summed E-state index contributed by atoms with van der Waals surface area (Å²) < 4.78 is 23.9. The van der Waals surface area contributed by atoms with Crippen molar-refractivity contribution in [1.82, 2.24) is 0 Å². The molecule has 0 saturated heterocycles. The zero-order chi connectivity index (χ0) is 8.20. The lowest BCUT2D eigenvalue weighted by atomic mass is 10.1. The highest BCUT2D eigenvalue weighted by Gasteiger charge is 2.24. The monoisotopic (exact) mass is 190 g/mol. The maximum absolute atomic E-state index is 11.9. The molecule has 0 aliphatic carbocycles. The Balaban J connectivity index is 3.36. The highest BCUT2D eigenvalue weighted by Crippen LogP contribution is 2.26. The first kappa shape index (κ1) is 10.4. The van der Waals surface area contributed by atoms with Crippen LogP contribution in [0.5, 0.6) is 0 Å². The van der Waals surface area contributed by atoms with Crippen LogP contribution < -0.4 is 0 Å². The SMILES string of the molecule is CC(CCl)CCC(F)(F)Cl. The zero-order valence-electron chi connectivity index (χ0n) is 5.71. The first-order chi connectivity index (χ1) is 4.45. The summed E-state index contributed by atoms with van der Waals surface area (Å²) >= 11 is 10.1. The molecule has 1 unspecified atom stereocenters. The van der Waals surface area contributed by atoms with Gasteiger partial charge in [0.15, 0.2) is 0 Å². The highest BCUT2D eigenvalue weighted by atomic mass is 35.5. The number of hydrogen-bond donors (Lipinski definition) is 0. The average Bonchev–Trinajstić information content (AvgIpc) is 1.81. The van der Waals surface area contributed by atoms with Gasteiger partial charge in [-0.1, -0.05) is 6.92 Å². The van der Waals surface area contributed by atoms with Crippen molar-refractivity contribution < 1.29 is 8.78 Å². The smallest absolute Gasteiger partial charge is 0.188 e. The fourth-order valence-corrected chi connectivity index (χ4v) is 0.751. The Hall–Kier alpha value is 0.440. The quantitative estimate of drug-likeness (QED) is 0.596.